The van der Waals surface area contributed by atoms with E-state index in [9.17, 15) is 29.1 Å². The maximum absolute atomic E-state index is 13.4. The van der Waals surface area contributed by atoms with Crippen molar-refractivity contribution in [3.05, 3.63) is 54.1 Å². The number of carboxylic acid groups (broad SMARTS) is 2. The number of aliphatic carboxylic acids is 2. The summed E-state index contributed by atoms with van der Waals surface area (Å²) in [6, 6.07) is 4.15. The number of hydrogen-bond acceptors (Lipinski definition) is 7. The number of carboxylic acids is 2. The van der Waals surface area contributed by atoms with Crippen molar-refractivity contribution in [2.75, 3.05) is 0 Å². The molecule has 5 unspecified atom stereocenters. The third-order valence-electron chi connectivity index (χ3n) is 6.31. The number of carbonyl (C=O) groups excluding carboxylic acids is 3. The second kappa shape index (κ2) is 15.2. The molecular weight excluding hydrogens is 508 g/mol. The second-order valence-corrected chi connectivity index (χ2v) is 9.34. The average Bonchev–Trinajstić information content (AvgIpc) is 3.42. The van der Waals surface area contributed by atoms with E-state index >= 15 is 0 Å². The van der Waals surface area contributed by atoms with Crippen molar-refractivity contribution in [2.45, 2.75) is 70.1 Å². The molecule has 3 amide bonds. The number of nitrogens with two attached hydrogens (primary N) is 1. The van der Waals surface area contributed by atoms with Crippen LogP contribution in [0.2, 0.25) is 0 Å². The maximum atomic E-state index is 13.4. The number of aromatic amines is 1. The molecule has 13 nitrogen and oxygen atoms in total. The molecule has 0 saturated carbocycles. The van der Waals surface area contributed by atoms with E-state index in [1.165, 1.54) is 12.5 Å². The van der Waals surface area contributed by atoms with Gasteiger partial charge < -0.3 is 36.9 Å². The van der Waals surface area contributed by atoms with Crippen LogP contribution in [0.1, 0.15) is 44.4 Å². The van der Waals surface area contributed by atoms with Crippen molar-refractivity contribution in [2.24, 2.45) is 11.7 Å². The zero-order chi connectivity index (χ0) is 28.9. The minimum absolute atomic E-state index is 0.0193. The summed E-state index contributed by atoms with van der Waals surface area (Å²) in [5.41, 5.74) is 7.07. The molecule has 0 spiro atoms. The van der Waals surface area contributed by atoms with Gasteiger partial charge in [-0.05, 0) is 17.9 Å². The predicted octanol–water partition coefficient (Wildman–Crippen LogP) is -0.0279. The Bertz CT molecular complexity index is 1110. The molecule has 39 heavy (non-hydrogen) atoms. The fourth-order valence-electron chi connectivity index (χ4n) is 3.78. The Morgan fingerprint density at radius 2 is 1.56 bits per heavy atom. The van der Waals surface area contributed by atoms with Crippen LogP contribution in [-0.4, -0.2) is 74.0 Å². The van der Waals surface area contributed by atoms with E-state index in [1.54, 1.807) is 44.2 Å². The van der Waals surface area contributed by atoms with E-state index in [0.717, 1.165) is 0 Å². The van der Waals surface area contributed by atoms with Crippen LogP contribution in [0.15, 0.2) is 42.9 Å². The first-order valence-corrected chi connectivity index (χ1v) is 12.6. The maximum Gasteiger partial charge on any atom is 0.326 e. The Hall–Kier alpha value is -4.26. The van der Waals surface area contributed by atoms with Crippen LogP contribution in [0.5, 0.6) is 0 Å². The first-order valence-electron chi connectivity index (χ1n) is 12.6. The van der Waals surface area contributed by atoms with Crippen molar-refractivity contribution >= 4 is 29.7 Å². The number of carbonyl (C=O) groups is 5. The Kier molecular flexibility index (Phi) is 12.1. The molecule has 0 aliphatic rings. The van der Waals surface area contributed by atoms with Gasteiger partial charge in [0.25, 0.3) is 0 Å². The molecule has 5 atom stereocenters. The van der Waals surface area contributed by atoms with Gasteiger partial charge in [0.2, 0.25) is 17.7 Å². The molecular formula is C26H36N6O7. The summed E-state index contributed by atoms with van der Waals surface area (Å²) < 4.78 is 0. The molecule has 2 rings (SSSR count). The van der Waals surface area contributed by atoms with Gasteiger partial charge in [-0.1, -0.05) is 50.6 Å². The molecule has 0 radical (unpaired) electrons. The quantitative estimate of drug-likeness (QED) is 0.151. The van der Waals surface area contributed by atoms with E-state index in [1.807, 2.05) is 0 Å². The Morgan fingerprint density at radius 3 is 2.13 bits per heavy atom. The monoisotopic (exact) mass is 544 g/mol. The van der Waals surface area contributed by atoms with E-state index in [2.05, 4.69) is 25.9 Å². The summed E-state index contributed by atoms with van der Waals surface area (Å²) in [5.74, 6) is -4.81. The van der Waals surface area contributed by atoms with Crippen molar-refractivity contribution < 1.29 is 34.2 Å². The van der Waals surface area contributed by atoms with Crippen LogP contribution in [0.25, 0.3) is 0 Å². The van der Waals surface area contributed by atoms with Crippen LogP contribution in [0.4, 0.5) is 0 Å². The second-order valence-electron chi connectivity index (χ2n) is 9.34. The number of rotatable bonds is 16. The van der Waals surface area contributed by atoms with Crippen LogP contribution in [0, 0.1) is 5.92 Å². The van der Waals surface area contributed by atoms with Gasteiger partial charge in [0.15, 0.2) is 0 Å². The molecule has 1 heterocycles. The third-order valence-corrected chi connectivity index (χ3v) is 6.31. The van der Waals surface area contributed by atoms with Gasteiger partial charge in [-0.25, -0.2) is 9.78 Å². The van der Waals surface area contributed by atoms with E-state index in [0.29, 0.717) is 17.7 Å². The smallest absolute Gasteiger partial charge is 0.326 e. The van der Waals surface area contributed by atoms with Crippen LogP contribution in [-0.2, 0) is 36.8 Å². The summed E-state index contributed by atoms with van der Waals surface area (Å²) in [6.45, 7) is 3.50. The first-order chi connectivity index (χ1) is 18.5. The molecule has 0 aliphatic carbocycles. The highest BCUT2D eigenvalue weighted by Crippen LogP contribution is 2.10. The third kappa shape index (κ3) is 10.2. The summed E-state index contributed by atoms with van der Waals surface area (Å²) in [6.07, 6.45) is 2.97. The molecule has 8 N–H and O–H groups in total. The molecule has 13 heteroatoms. The largest absolute Gasteiger partial charge is 0.481 e. The van der Waals surface area contributed by atoms with Gasteiger partial charge >= 0.3 is 11.9 Å². The summed E-state index contributed by atoms with van der Waals surface area (Å²) >= 11 is 0. The molecule has 0 bridgehead atoms. The Balaban J connectivity index is 2.27. The van der Waals surface area contributed by atoms with E-state index in [4.69, 9.17) is 10.8 Å². The standard InChI is InChI=1S/C26H36N6O7/c1-3-15(2)22(26(38)39)32-25(37)20(12-17-13-28-14-29-17)31-24(36)19(11-16-7-5-4-6-8-16)30-23(35)18(27)9-10-21(33)34/h4-8,13-15,18-20,22H,3,9-12,27H2,1-2H3,(H,28,29)(H,30,35)(H,31,36)(H,32,37)(H,33,34)(H,38,39). The van der Waals surface area contributed by atoms with Crippen molar-refractivity contribution in [3.8, 4) is 0 Å². The number of benzene rings is 1. The molecule has 1 aromatic heterocycles. The first kappa shape index (κ1) is 31.0. The zero-order valence-electron chi connectivity index (χ0n) is 21.9. The molecule has 212 valence electrons. The fraction of sp³-hybridized carbons (Fsp3) is 0.462. The van der Waals surface area contributed by atoms with Crippen molar-refractivity contribution in [3.63, 3.8) is 0 Å². The van der Waals surface area contributed by atoms with E-state index in [-0.39, 0.29) is 31.6 Å². The molecule has 1 aromatic carbocycles. The average molecular weight is 545 g/mol. The summed E-state index contributed by atoms with van der Waals surface area (Å²) in [4.78, 5) is 68.8. The van der Waals surface area contributed by atoms with E-state index < -0.39 is 53.8 Å². The highest BCUT2D eigenvalue weighted by Gasteiger charge is 2.32. The lowest BCUT2D eigenvalue weighted by Crippen LogP contribution is -2.58. The summed E-state index contributed by atoms with van der Waals surface area (Å²) in [5, 5.41) is 26.2. The highest BCUT2D eigenvalue weighted by atomic mass is 16.4. The highest BCUT2D eigenvalue weighted by molar-refractivity contribution is 5.94. The fourth-order valence-corrected chi connectivity index (χ4v) is 3.78. The SMILES string of the molecule is CCC(C)C(NC(=O)C(Cc1cnc[nH]1)NC(=O)C(Cc1ccccc1)NC(=O)C(N)CCC(=O)O)C(=O)O. The number of amides is 3. The van der Waals surface area contributed by atoms with Gasteiger partial charge in [0.05, 0.1) is 12.4 Å². The lowest BCUT2D eigenvalue weighted by Gasteiger charge is -2.26. The van der Waals surface area contributed by atoms with Crippen molar-refractivity contribution in [1.82, 2.24) is 25.9 Å². The lowest BCUT2D eigenvalue weighted by atomic mass is 9.98. The zero-order valence-corrected chi connectivity index (χ0v) is 21.9. The number of hydrogen-bond donors (Lipinski definition) is 7. The number of aromatic nitrogens is 2. The van der Waals surface area contributed by atoms with Crippen molar-refractivity contribution in [1.29, 1.82) is 0 Å². The number of imidazole rings is 1. The minimum Gasteiger partial charge on any atom is -0.481 e. The molecule has 2 aromatic rings. The van der Waals surface area contributed by atoms with Gasteiger partial charge in [-0.2, -0.15) is 0 Å². The normalized spacial score (nSPS) is 14.7. The lowest BCUT2D eigenvalue weighted by molar-refractivity contribution is -0.144. The van der Waals surface area contributed by atoms with Crippen LogP contribution >= 0.6 is 0 Å². The molecule has 0 fully saturated rings. The van der Waals surface area contributed by atoms with Crippen LogP contribution < -0.4 is 21.7 Å². The molecule has 0 aliphatic heterocycles. The van der Waals surface area contributed by atoms with Gasteiger partial charge in [0, 0.05) is 31.2 Å². The number of nitrogens with one attached hydrogen (secondary N) is 4. The molecule has 0 saturated heterocycles. The number of H-pyrrole nitrogens is 1. The summed E-state index contributed by atoms with van der Waals surface area (Å²) in [7, 11) is 0. The Morgan fingerprint density at radius 1 is 0.949 bits per heavy atom. The van der Waals surface area contributed by atoms with Gasteiger partial charge in [-0.15, -0.1) is 0 Å². The predicted molar refractivity (Wildman–Crippen MR) is 140 cm³/mol. The Labute approximate surface area is 226 Å². The van der Waals surface area contributed by atoms with Gasteiger partial charge in [0.1, 0.15) is 18.1 Å². The van der Waals surface area contributed by atoms with Crippen LogP contribution in [0.3, 0.4) is 0 Å². The number of nitrogens with zero attached hydrogens (tertiary/aromatic N) is 1. The van der Waals surface area contributed by atoms with Gasteiger partial charge in [-0.3, -0.25) is 19.2 Å². The topological polar surface area (TPSA) is 217 Å². The minimum atomic E-state index is -1.20.